The molecule has 18 heavy (non-hydrogen) atoms. The van der Waals surface area contributed by atoms with Crippen LogP contribution in [0.5, 0.6) is 0 Å². The predicted octanol–water partition coefficient (Wildman–Crippen LogP) is 1.34. The first-order valence-electron chi connectivity index (χ1n) is 6.25. The van der Waals surface area contributed by atoms with E-state index >= 15 is 0 Å². The average molecular weight is 266 g/mol. The number of amides is 2. The Hall–Kier alpha value is -1.36. The lowest BCUT2D eigenvalue weighted by Crippen LogP contribution is -2.37. The maximum atomic E-state index is 12.0. The van der Waals surface area contributed by atoms with Gasteiger partial charge in [-0.25, -0.2) is 0 Å². The topological polar surface area (TPSA) is 49.4 Å². The van der Waals surface area contributed by atoms with E-state index in [0.29, 0.717) is 19.5 Å². The molecule has 0 unspecified atom stereocenters. The minimum atomic E-state index is -0.0483. The van der Waals surface area contributed by atoms with Crippen molar-refractivity contribution in [1.82, 2.24) is 10.2 Å². The second-order valence-corrected chi connectivity index (χ2v) is 5.90. The highest BCUT2D eigenvalue weighted by molar-refractivity contribution is 7.11. The standard InChI is InChI=1S/C13H18N2O2S/c1-10-3-4-11(18-10)5-6-13(17)15-8-2-7-14-12(16)9-15/h3-4H,2,5-9H2,1H3,(H,14,16). The van der Waals surface area contributed by atoms with Crippen LogP contribution in [0, 0.1) is 6.92 Å². The molecular weight excluding hydrogens is 248 g/mol. The smallest absolute Gasteiger partial charge is 0.239 e. The van der Waals surface area contributed by atoms with Crippen LogP contribution in [0.15, 0.2) is 12.1 Å². The SMILES string of the molecule is Cc1ccc(CCC(=O)N2CCCNC(=O)C2)s1. The summed E-state index contributed by atoms with van der Waals surface area (Å²) in [6, 6.07) is 4.15. The van der Waals surface area contributed by atoms with Crippen molar-refractivity contribution in [2.45, 2.75) is 26.2 Å². The highest BCUT2D eigenvalue weighted by atomic mass is 32.1. The summed E-state index contributed by atoms with van der Waals surface area (Å²) in [5, 5.41) is 2.78. The minimum Gasteiger partial charge on any atom is -0.354 e. The molecule has 1 N–H and O–H groups in total. The molecule has 5 heteroatoms. The molecule has 0 spiro atoms. The number of carbonyl (C=O) groups excluding carboxylic acids is 2. The second kappa shape index (κ2) is 6.00. The third kappa shape index (κ3) is 3.57. The largest absolute Gasteiger partial charge is 0.354 e. The lowest BCUT2D eigenvalue weighted by Gasteiger charge is -2.18. The molecule has 2 amide bonds. The van der Waals surface area contributed by atoms with Crippen molar-refractivity contribution < 1.29 is 9.59 Å². The van der Waals surface area contributed by atoms with Crippen LogP contribution in [0.4, 0.5) is 0 Å². The first kappa shape index (κ1) is 13.1. The summed E-state index contributed by atoms with van der Waals surface area (Å²) in [6.07, 6.45) is 2.11. The molecular formula is C13H18N2O2S. The molecule has 4 nitrogen and oxygen atoms in total. The number of carbonyl (C=O) groups is 2. The average Bonchev–Trinajstić information content (AvgIpc) is 2.63. The van der Waals surface area contributed by atoms with Crippen LogP contribution in [0.3, 0.4) is 0 Å². The predicted molar refractivity (Wildman–Crippen MR) is 71.6 cm³/mol. The summed E-state index contributed by atoms with van der Waals surface area (Å²) in [5.74, 6) is 0.0333. The Balaban J connectivity index is 1.85. The Kier molecular flexibility index (Phi) is 4.36. The van der Waals surface area contributed by atoms with E-state index in [0.717, 1.165) is 12.8 Å². The summed E-state index contributed by atoms with van der Waals surface area (Å²) in [6.45, 7) is 3.63. The molecule has 1 aromatic rings. The van der Waals surface area contributed by atoms with E-state index in [9.17, 15) is 9.59 Å². The Morgan fingerprint density at radius 1 is 1.50 bits per heavy atom. The molecule has 0 atom stereocenters. The third-order valence-electron chi connectivity index (χ3n) is 3.00. The molecule has 0 aliphatic carbocycles. The molecule has 0 radical (unpaired) electrons. The number of nitrogens with one attached hydrogen (secondary N) is 1. The van der Waals surface area contributed by atoms with Gasteiger partial charge < -0.3 is 10.2 Å². The van der Waals surface area contributed by atoms with Crippen molar-refractivity contribution in [3.8, 4) is 0 Å². The second-order valence-electron chi connectivity index (χ2n) is 4.53. The Bertz CT molecular complexity index is 442. The first-order chi connectivity index (χ1) is 8.65. The van der Waals surface area contributed by atoms with Crippen molar-refractivity contribution >= 4 is 23.2 Å². The number of hydrogen-bond donors (Lipinski definition) is 1. The zero-order valence-corrected chi connectivity index (χ0v) is 11.4. The monoisotopic (exact) mass is 266 g/mol. The van der Waals surface area contributed by atoms with Gasteiger partial charge >= 0.3 is 0 Å². The van der Waals surface area contributed by atoms with Crippen LogP contribution < -0.4 is 5.32 Å². The van der Waals surface area contributed by atoms with Crippen LogP contribution in [-0.2, 0) is 16.0 Å². The zero-order valence-electron chi connectivity index (χ0n) is 10.6. The molecule has 2 heterocycles. The number of rotatable bonds is 3. The minimum absolute atomic E-state index is 0.0483. The number of aryl methyl sites for hydroxylation is 2. The van der Waals surface area contributed by atoms with Gasteiger partial charge in [-0.1, -0.05) is 0 Å². The number of nitrogens with zero attached hydrogens (tertiary/aromatic N) is 1. The molecule has 0 saturated carbocycles. The number of thiophene rings is 1. The molecule has 1 saturated heterocycles. The summed E-state index contributed by atoms with van der Waals surface area (Å²) in [5.41, 5.74) is 0. The Morgan fingerprint density at radius 3 is 3.06 bits per heavy atom. The van der Waals surface area contributed by atoms with Crippen LogP contribution in [0.2, 0.25) is 0 Å². The van der Waals surface area contributed by atoms with Gasteiger partial charge in [-0.3, -0.25) is 9.59 Å². The van der Waals surface area contributed by atoms with Crippen LogP contribution in [0.25, 0.3) is 0 Å². The van der Waals surface area contributed by atoms with Gasteiger partial charge in [0.15, 0.2) is 0 Å². The van der Waals surface area contributed by atoms with Crippen molar-refractivity contribution in [3.63, 3.8) is 0 Å². The zero-order chi connectivity index (χ0) is 13.0. The normalized spacial score (nSPS) is 16.3. The maximum absolute atomic E-state index is 12.0. The molecule has 0 aromatic carbocycles. The van der Waals surface area contributed by atoms with Crippen LogP contribution >= 0.6 is 11.3 Å². The van der Waals surface area contributed by atoms with E-state index in [-0.39, 0.29) is 18.4 Å². The lowest BCUT2D eigenvalue weighted by atomic mass is 10.2. The summed E-state index contributed by atoms with van der Waals surface area (Å²) < 4.78 is 0. The van der Waals surface area contributed by atoms with Gasteiger partial charge in [0.2, 0.25) is 11.8 Å². The maximum Gasteiger partial charge on any atom is 0.239 e. The highest BCUT2D eigenvalue weighted by Crippen LogP contribution is 2.17. The molecule has 0 bridgehead atoms. The van der Waals surface area contributed by atoms with Crippen LogP contribution in [0.1, 0.15) is 22.6 Å². The van der Waals surface area contributed by atoms with Crippen molar-refractivity contribution in [3.05, 3.63) is 21.9 Å². The molecule has 2 rings (SSSR count). The van der Waals surface area contributed by atoms with E-state index in [2.05, 4.69) is 24.4 Å². The lowest BCUT2D eigenvalue weighted by molar-refractivity contribution is -0.135. The fourth-order valence-electron chi connectivity index (χ4n) is 2.03. The van der Waals surface area contributed by atoms with Crippen molar-refractivity contribution in [2.75, 3.05) is 19.6 Å². The van der Waals surface area contributed by atoms with Crippen molar-refractivity contribution in [2.24, 2.45) is 0 Å². The van der Waals surface area contributed by atoms with E-state index in [1.165, 1.54) is 9.75 Å². The van der Waals surface area contributed by atoms with Crippen molar-refractivity contribution in [1.29, 1.82) is 0 Å². The summed E-state index contributed by atoms with van der Waals surface area (Å²) in [7, 11) is 0. The molecule has 98 valence electrons. The Labute approximate surface area is 111 Å². The van der Waals surface area contributed by atoms with E-state index in [4.69, 9.17) is 0 Å². The van der Waals surface area contributed by atoms with Gasteiger partial charge in [0.1, 0.15) is 0 Å². The van der Waals surface area contributed by atoms with Crippen LogP contribution in [-0.4, -0.2) is 36.3 Å². The van der Waals surface area contributed by atoms with Gasteiger partial charge in [-0.2, -0.15) is 0 Å². The Morgan fingerprint density at radius 2 is 2.33 bits per heavy atom. The highest BCUT2D eigenvalue weighted by Gasteiger charge is 2.19. The molecule has 1 aromatic heterocycles. The molecule has 1 aliphatic heterocycles. The van der Waals surface area contributed by atoms with E-state index < -0.39 is 0 Å². The molecule has 1 aliphatic rings. The number of hydrogen-bond acceptors (Lipinski definition) is 3. The van der Waals surface area contributed by atoms with E-state index in [1.54, 1.807) is 16.2 Å². The van der Waals surface area contributed by atoms with Gasteiger partial charge in [-0.05, 0) is 31.9 Å². The third-order valence-corrected chi connectivity index (χ3v) is 4.06. The quantitative estimate of drug-likeness (QED) is 0.897. The van der Waals surface area contributed by atoms with E-state index in [1.807, 2.05) is 0 Å². The fourth-order valence-corrected chi connectivity index (χ4v) is 2.92. The first-order valence-corrected chi connectivity index (χ1v) is 7.06. The fraction of sp³-hybridized carbons (Fsp3) is 0.538. The summed E-state index contributed by atoms with van der Waals surface area (Å²) >= 11 is 1.73. The van der Waals surface area contributed by atoms with Gasteiger partial charge in [-0.15, -0.1) is 11.3 Å². The van der Waals surface area contributed by atoms with Gasteiger partial charge in [0.05, 0.1) is 6.54 Å². The van der Waals surface area contributed by atoms with Gasteiger partial charge in [0.25, 0.3) is 0 Å². The van der Waals surface area contributed by atoms with Gasteiger partial charge in [0, 0.05) is 29.3 Å². The summed E-state index contributed by atoms with van der Waals surface area (Å²) in [4.78, 5) is 27.6. The molecule has 1 fully saturated rings.